The Kier molecular flexibility index (Phi) is 5.38. The fraction of sp³-hybridized carbons (Fsp3) is 0. The van der Waals surface area contributed by atoms with Gasteiger partial charge in [0, 0.05) is 21.4 Å². The van der Waals surface area contributed by atoms with Gasteiger partial charge in [-0.05, 0) is 53.4 Å². The molecule has 0 saturated heterocycles. The molecule has 32 heavy (non-hydrogen) atoms. The highest BCUT2D eigenvalue weighted by Crippen LogP contribution is 2.47. The summed E-state index contributed by atoms with van der Waals surface area (Å²) < 4.78 is 4.54. The van der Waals surface area contributed by atoms with Gasteiger partial charge < -0.3 is 15.8 Å². The van der Waals surface area contributed by atoms with Gasteiger partial charge >= 0.3 is 16.9 Å². The van der Waals surface area contributed by atoms with Crippen LogP contribution in [0.3, 0.4) is 0 Å². The Hall–Kier alpha value is -4.16. The average molecular weight is 477 g/mol. The van der Waals surface area contributed by atoms with Gasteiger partial charge in [-0.25, -0.2) is 0 Å². The summed E-state index contributed by atoms with van der Waals surface area (Å²) in [6.07, 6.45) is 0. The lowest BCUT2D eigenvalue weighted by Gasteiger charge is -2.12. The molecule has 162 valence electrons. The van der Waals surface area contributed by atoms with Gasteiger partial charge in [-0.2, -0.15) is 0 Å². The number of nitrogens with one attached hydrogen (secondary N) is 2. The summed E-state index contributed by atoms with van der Waals surface area (Å²) in [7, 11) is 0. The van der Waals surface area contributed by atoms with Gasteiger partial charge in [0.1, 0.15) is 0 Å². The van der Waals surface area contributed by atoms with Crippen molar-refractivity contribution >= 4 is 68.4 Å². The number of nitro benzene ring substituents is 2. The number of anilines is 4. The number of nitrogens with zero attached hydrogens (tertiary/aromatic N) is 4. The Bertz CT molecular complexity index is 1360. The molecule has 4 rings (SSSR count). The molecule has 0 bridgehead atoms. The Morgan fingerprint density at radius 3 is 1.75 bits per heavy atom. The Morgan fingerprint density at radius 1 is 0.812 bits per heavy atom. The van der Waals surface area contributed by atoms with Crippen LogP contribution >= 0.6 is 23.2 Å². The zero-order valence-electron chi connectivity index (χ0n) is 15.6. The molecule has 3 aromatic carbocycles. The first-order valence-corrected chi connectivity index (χ1v) is 9.45. The van der Waals surface area contributed by atoms with E-state index in [-0.39, 0.29) is 16.3 Å². The second-order valence-electron chi connectivity index (χ2n) is 6.35. The average Bonchev–Trinajstić information content (AvgIpc) is 3.12. The SMILES string of the molecule is O=[N+]([O-])c1c(Nc2ccc(Cl)cc2)c([N+](=O)[O-])c2no[n+]([O-])c2c1Nc1ccc(Cl)cc1. The number of hydrogen-bond donors (Lipinski definition) is 2. The van der Waals surface area contributed by atoms with E-state index < -0.39 is 37.9 Å². The molecular weight excluding hydrogens is 467 g/mol. The molecule has 0 aliphatic rings. The van der Waals surface area contributed by atoms with E-state index in [1.807, 2.05) is 0 Å². The molecule has 0 unspecified atom stereocenters. The second kappa shape index (κ2) is 8.17. The zero-order chi connectivity index (χ0) is 23.0. The minimum Gasteiger partial charge on any atom is -0.359 e. The number of halogens is 2. The van der Waals surface area contributed by atoms with Crippen LogP contribution in [0.1, 0.15) is 0 Å². The van der Waals surface area contributed by atoms with Crippen LogP contribution < -0.4 is 15.5 Å². The molecule has 1 aromatic heterocycles. The monoisotopic (exact) mass is 476 g/mol. The molecule has 1 heterocycles. The van der Waals surface area contributed by atoms with Crippen LogP contribution in [0.2, 0.25) is 10.0 Å². The number of benzene rings is 3. The van der Waals surface area contributed by atoms with E-state index in [1.54, 1.807) is 0 Å². The third-order valence-electron chi connectivity index (χ3n) is 4.38. The summed E-state index contributed by atoms with van der Waals surface area (Å²) in [6, 6.07) is 12.0. The molecule has 0 fully saturated rings. The summed E-state index contributed by atoms with van der Waals surface area (Å²) in [4.78, 5) is 22.1. The maximum atomic E-state index is 12.2. The minimum atomic E-state index is -0.887. The van der Waals surface area contributed by atoms with Crippen LogP contribution in [-0.4, -0.2) is 15.0 Å². The lowest BCUT2D eigenvalue weighted by molar-refractivity contribution is -0.782. The number of nitro groups is 2. The molecule has 0 radical (unpaired) electrons. The topological polar surface area (TPSA) is 163 Å². The summed E-state index contributed by atoms with van der Waals surface area (Å²) in [5, 5.41) is 45.9. The van der Waals surface area contributed by atoms with Crippen molar-refractivity contribution in [1.82, 2.24) is 5.16 Å². The molecule has 0 saturated carbocycles. The molecule has 4 aromatic rings. The minimum absolute atomic E-state index is 0.139. The van der Waals surface area contributed by atoms with E-state index >= 15 is 0 Å². The van der Waals surface area contributed by atoms with Crippen molar-refractivity contribution in [3.63, 3.8) is 0 Å². The van der Waals surface area contributed by atoms with Crippen LogP contribution in [0.25, 0.3) is 11.0 Å². The van der Waals surface area contributed by atoms with Crippen molar-refractivity contribution < 1.29 is 19.4 Å². The number of fused-ring (bicyclic) bond motifs is 1. The molecule has 14 heteroatoms. The fourth-order valence-electron chi connectivity index (χ4n) is 3.03. The maximum Gasteiger partial charge on any atom is 0.357 e. The highest BCUT2D eigenvalue weighted by molar-refractivity contribution is 6.31. The van der Waals surface area contributed by atoms with Gasteiger partial charge in [0.05, 0.1) is 15.0 Å². The van der Waals surface area contributed by atoms with Crippen molar-refractivity contribution in [2.45, 2.75) is 0 Å². The highest BCUT2D eigenvalue weighted by Gasteiger charge is 2.41. The van der Waals surface area contributed by atoms with Crippen molar-refractivity contribution in [3.8, 4) is 0 Å². The Labute approximate surface area is 187 Å². The van der Waals surface area contributed by atoms with Gasteiger partial charge in [0.25, 0.3) is 5.52 Å². The van der Waals surface area contributed by atoms with Gasteiger partial charge in [0.15, 0.2) is 5.69 Å². The first-order chi connectivity index (χ1) is 15.3. The van der Waals surface area contributed by atoms with E-state index in [0.717, 1.165) is 0 Å². The van der Waals surface area contributed by atoms with E-state index in [0.29, 0.717) is 15.7 Å². The molecule has 2 N–H and O–H groups in total. The van der Waals surface area contributed by atoms with Crippen LogP contribution in [0.15, 0.2) is 53.2 Å². The highest BCUT2D eigenvalue weighted by atomic mass is 35.5. The Morgan fingerprint density at radius 2 is 1.28 bits per heavy atom. The van der Waals surface area contributed by atoms with Crippen LogP contribution in [0.5, 0.6) is 0 Å². The summed E-state index contributed by atoms with van der Waals surface area (Å²) >= 11 is 11.7. The number of aromatic nitrogens is 2. The second-order valence-corrected chi connectivity index (χ2v) is 7.23. The molecular formula is C18H10Cl2N6O6. The fourth-order valence-corrected chi connectivity index (χ4v) is 3.29. The third-order valence-corrected chi connectivity index (χ3v) is 4.88. The van der Waals surface area contributed by atoms with Gasteiger partial charge in [-0.15, -0.1) is 0 Å². The summed E-state index contributed by atoms with van der Waals surface area (Å²) in [6.45, 7) is 0. The van der Waals surface area contributed by atoms with E-state index in [1.165, 1.54) is 48.5 Å². The lowest BCUT2D eigenvalue weighted by atomic mass is 10.1. The van der Waals surface area contributed by atoms with E-state index in [2.05, 4.69) is 20.4 Å². The maximum absolute atomic E-state index is 12.2. The van der Waals surface area contributed by atoms with Crippen molar-refractivity contribution in [1.29, 1.82) is 0 Å². The normalized spacial score (nSPS) is 10.8. The molecule has 0 spiro atoms. The standard InChI is InChI=1S/C18H10Cl2N6O6/c19-9-1-5-11(6-2-9)21-13-16(24(27)28)14(22-12-7-3-10(20)4-8-12)18-15(17(13)25(29)30)23-32-26(18)31/h1-8,21-22H. The first-order valence-electron chi connectivity index (χ1n) is 8.69. The van der Waals surface area contributed by atoms with E-state index in [4.69, 9.17) is 23.2 Å². The van der Waals surface area contributed by atoms with Crippen molar-refractivity contribution in [2.75, 3.05) is 10.6 Å². The van der Waals surface area contributed by atoms with Gasteiger partial charge in [-0.3, -0.25) is 24.9 Å². The van der Waals surface area contributed by atoms with Crippen LogP contribution in [0, 0.1) is 25.4 Å². The predicted molar refractivity (Wildman–Crippen MR) is 116 cm³/mol. The smallest absolute Gasteiger partial charge is 0.357 e. The zero-order valence-corrected chi connectivity index (χ0v) is 17.1. The number of hydrogen-bond acceptors (Lipinski definition) is 9. The molecule has 0 aliphatic heterocycles. The van der Waals surface area contributed by atoms with Crippen LogP contribution in [0.4, 0.5) is 34.1 Å². The lowest BCUT2D eigenvalue weighted by Crippen LogP contribution is -2.24. The van der Waals surface area contributed by atoms with Gasteiger partial charge in [-0.1, -0.05) is 23.2 Å². The molecule has 0 atom stereocenters. The van der Waals surface area contributed by atoms with E-state index in [9.17, 15) is 25.4 Å². The number of rotatable bonds is 6. The largest absolute Gasteiger partial charge is 0.359 e. The molecule has 0 aliphatic carbocycles. The van der Waals surface area contributed by atoms with Crippen molar-refractivity contribution in [2.24, 2.45) is 0 Å². The summed E-state index contributed by atoms with van der Waals surface area (Å²) in [5.41, 5.74) is -2.82. The summed E-state index contributed by atoms with van der Waals surface area (Å²) in [5.74, 6) is 0. The molecule has 12 nitrogen and oxygen atoms in total. The molecule has 0 amide bonds. The van der Waals surface area contributed by atoms with Crippen LogP contribution in [-0.2, 0) is 0 Å². The van der Waals surface area contributed by atoms with Gasteiger partial charge in [0.2, 0.25) is 5.69 Å². The predicted octanol–water partition coefficient (Wildman–Crippen LogP) is 5.07. The Balaban J connectivity index is 2.03. The first kappa shape index (κ1) is 21.1. The third kappa shape index (κ3) is 3.79. The quantitative estimate of drug-likeness (QED) is 0.219. The van der Waals surface area contributed by atoms with Crippen molar-refractivity contribution in [3.05, 3.63) is 84.0 Å².